The molecule has 0 atom stereocenters. The third-order valence-corrected chi connectivity index (χ3v) is 4.34. The van der Waals surface area contributed by atoms with Gasteiger partial charge in [-0.1, -0.05) is 28.4 Å². The fourth-order valence-electron chi connectivity index (χ4n) is 2.77. The lowest BCUT2D eigenvalue weighted by molar-refractivity contribution is 0.323. The third-order valence-electron chi connectivity index (χ3n) is 3.90. The van der Waals surface area contributed by atoms with Gasteiger partial charge in [0, 0.05) is 22.0 Å². The van der Waals surface area contributed by atoms with Crippen LogP contribution in [0.1, 0.15) is 31.6 Å². The van der Waals surface area contributed by atoms with Crippen molar-refractivity contribution < 1.29 is 4.52 Å². The van der Waals surface area contributed by atoms with Gasteiger partial charge in [0.1, 0.15) is 0 Å². The van der Waals surface area contributed by atoms with Crippen LogP contribution in [0.25, 0.3) is 11.4 Å². The molecule has 0 bridgehead atoms. The molecule has 0 spiro atoms. The highest BCUT2D eigenvalue weighted by Crippen LogP contribution is 2.25. The van der Waals surface area contributed by atoms with Crippen molar-refractivity contribution in [1.82, 2.24) is 15.0 Å². The highest BCUT2D eigenvalue weighted by atomic mass is 35.5. The Morgan fingerprint density at radius 3 is 2.50 bits per heavy atom. The van der Waals surface area contributed by atoms with Crippen LogP contribution in [0.15, 0.2) is 22.7 Å². The lowest BCUT2D eigenvalue weighted by Crippen LogP contribution is -2.20. The number of rotatable bonds is 6. The summed E-state index contributed by atoms with van der Waals surface area (Å²) in [6.45, 7) is 3.67. The van der Waals surface area contributed by atoms with E-state index in [0.29, 0.717) is 21.8 Å². The SMILES string of the molecule is Clc1cc(Cl)cc(-c2noc(CCCCN3CCCC3)n2)c1. The number of hydrogen-bond acceptors (Lipinski definition) is 4. The van der Waals surface area contributed by atoms with E-state index < -0.39 is 0 Å². The van der Waals surface area contributed by atoms with E-state index in [9.17, 15) is 0 Å². The van der Waals surface area contributed by atoms with Gasteiger partial charge in [0.05, 0.1) is 0 Å². The second-order valence-corrected chi connectivity index (χ2v) is 6.55. The average molecular weight is 340 g/mol. The summed E-state index contributed by atoms with van der Waals surface area (Å²) in [5.41, 5.74) is 0.782. The standard InChI is InChI=1S/C16H19Cl2N3O/c17-13-9-12(10-14(18)11-13)16-19-15(22-20-16)5-1-2-6-21-7-3-4-8-21/h9-11H,1-8H2. The minimum Gasteiger partial charge on any atom is -0.339 e. The Morgan fingerprint density at radius 1 is 1.05 bits per heavy atom. The first-order chi connectivity index (χ1) is 10.7. The number of hydrogen-bond donors (Lipinski definition) is 0. The van der Waals surface area contributed by atoms with Gasteiger partial charge in [-0.05, 0) is 63.5 Å². The van der Waals surface area contributed by atoms with E-state index in [2.05, 4.69) is 15.0 Å². The molecular weight excluding hydrogens is 321 g/mol. The van der Waals surface area contributed by atoms with Gasteiger partial charge in [0.25, 0.3) is 0 Å². The Hall–Kier alpha value is -1.10. The molecule has 1 saturated heterocycles. The fourth-order valence-corrected chi connectivity index (χ4v) is 3.30. The lowest BCUT2D eigenvalue weighted by atomic mass is 10.2. The summed E-state index contributed by atoms with van der Waals surface area (Å²) in [5.74, 6) is 1.21. The maximum absolute atomic E-state index is 6.00. The molecule has 118 valence electrons. The quantitative estimate of drug-likeness (QED) is 0.728. The lowest BCUT2D eigenvalue weighted by Gasteiger charge is -2.13. The molecule has 1 aromatic heterocycles. The normalized spacial score (nSPS) is 15.5. The molecule has 1 aliphatic rings. The van der Waals surface area contributed by atoms with E-state index >= 15 is 0 Å². The van der Waals surface area contributed by atoms with E-state index in [-0.39, 0.29) is 0 Å². The van der Waals surface area contributed by atoms with E-state index in [4.69, 9.17) is 27.7 Å². The third kappa shape index (κ3) is 4.22. The molecule has 0 saturated carbocycles. The minimum absolute atomic E-state index is 0.541. The molecule has 6 heteroatoms. The molecule has 3 rings (SSSR count). The zero-order valence-electron chi connectivity index (χ0n) is 12.4. The summed E-state index contributed by atoms with van der Waals surface area (Å²) in [6.07, 6.45) is 5.73. The summed E-state index contributed by atoms with van der Waals surface area (Å²) >= 11 is 12.0. The van der Waals surface area contributed by atoms with E-state index in [1.807, 2.05) is 0 Å². The highest BCUT2D eigenvalue weighted by molar-refractivity contribution is 6.35. The van der Waals surface area contributed by atoms with Gasteiger partial charge < -0.3 is 9.42 Å². The number of benzene rings is 1. The Balaban J connectivity index is 1.52. The largest absolute Gasteiger partial charge is 0.339 e. The molecular formula is C16H19Cl2N3O. The molecule has 0 radical (unpaired) electrons. The molecule has 1 aliphatic heterocycles. The topological polar surface area (TPSA) is 42.2 Å². The summed E-state index contributed by atoms with van der Waals surface area (Å²) in [4.78, 5) is 6.94. The summed E-state index contributed by atoms with van der Waals surface area (Å²) < 4.78 is 5.31. The van der Waals surface area contributed by atoms with E-state index in [1.54, 1.807) is 18.2 Å². The molecule has 0 N–H and O–H groups in total. The van der Waals surface area contributed by atoms with Crippen molar-refractivity contribution in [2.24, 2.45) is 0 Å². The maximum Gasteiger partial charge on any atom is 0.226 e. The van der Waals surface area contributed by atoms with Gasteiger partial charge in [0.2, 0.25) is 11.7 Å². The van der Waals surface area contributed by atoms with Gasteiger partial charge in [-0.15, -0.1) is 0 Å². The molecule has 2 aromatic rings. The van der Waals surface area contributed by atoms with Crippen molar-refractivity contribution in [3.63, 3.8) is 0 Å². The first-order valence-electron chi connectivity index (χ1n) is 7.72. The molecule has 22 heavy (non-hydrogen) atoms. The van der Waals surface area contributed by atoms with Crippen molar-refractivity contribution in [3.05, 3.63) is 34.1 Å². The van der Waals surface area contributed by atoms with Crippen LogP contribution in [0.5, 0.6) is 0 Å². The van der Waals surface area contributed by atoms with E-state index in [1.165, 1.54) is 38.9 Å². The first-order valence-corrected chi connectivity index (χ1v) is 8.48. The van der Waals surface area contributed by atoms with E-state index in [0.717, 1.165) is 18.4 Å². The number of aromatic nitrogens is 2. The number of likely N-dealkylation sites (tertiary alicyclic amines) is 1. The highest BCUT2D eigenvalue weighted by Gasteiger charge is 2.12. The molecule has 0 unspecified atom stereocenters. The van der Waals surface area contributed by atoms with Crippen LogP contribution in [-0.2, 0) is 6.42 Å². The van der Waals surface area contributed by atoms with Crippen LogP contribution < -0.4 is 0 Å². The molecule has 2 heterocycles. The van der Waals surface area contributed by atoms with Crippen molar-refractivity contribution in [3.8, 4) is 11.4 Å². The Labute approximate surface area is 140 Å². The van der Waals surface area contributed by atoms with Crippen molar-refractivity contribution in [1.29, 1.82) is 0 Å². The van der Waals surface area contributed by atoms with Crippen LogP contribution in [0.3, 0.4) is 0 Å². The summed E-state index contributed by atoms with van der Waals surface area (Å²) in [5, 5.41) is 5.15. The fraction of sp³-hybridized carbons (Fsp3) is 0.500. The number of nitrogens with zero attached hydrogens (tertiary/aromatic N) is 3. The second-order valence-electron chi connectivity index (χ2n) is 5.68. The molecule has 4 nitrogen and oxygen atoms in total. The monoisotopic (exact) mass is 339 g/mol. The average Bonchev–Trinajstić information content (AvgIpc) is 3.14. The zero-order valence-corrected chi connectivity index (χ0v) is 13.9. The second kappa shape index (κ2) is 7.44. The van der Waals surface area contributed by atoms with Crippen LogP contribution in [0.2, 0.25) is 10.0 Å². The number of aryl methyl sites for hydroxylation is 1. The summed E-state index contributed by atoms with van der Waals surface area (Å²) in [7, 11) is 0. The van der Waals surface area contributed by atoms with Crippen molar-refractivity contribution >= 4 is 23.2 Å². The molecule has 1 aromatic carbocycles. The number of halogens is 2. The van der Waals surface area contributed by atoms with Crippen LogP contribution in [0.4, 0.5) is 0 Å². The van der Waals surface area contributed by atoms with Crippen molar-refractivity contribution in [2.75, 3.05) is 19.6 Å². The van der Waals surface area contributed by atoms with Gasteiger partial charge in [-0.25, -0.2) is 0 Å². The maximum atomic E-state index is 6.00. The molecule has 0 amide bonds. The predicted molar refractivity (Wildman–Crippen MR) is 88.4 cm³/mol. The number of unbranched alkanes of at least 4 members (excludes halogenated alkanes) is 1. The Morgan fingerprint density at radius 2 is 1.77 bits per heavy atom. The smallest absolute Gasteiger partial charge is 0.226 e. The minimum atomic E-state index is 0.541. The van der Waals surface area contributed by atoms with Crippen LogP contribution in [0, 0.1) is 0 Å². The first kappa shape index (κ1) is 15.8. The van der Waals surface area contributed by atoms with Crippen molar-refractivity contribution in [2.45, 2.75) is 32.1 Å². The molecule has 0 aliphatic carbocycles. The molecule has 1 fully saturated rings. The Bertz CT molecular complexity index is 603. The Kier molecular flexibility index (Phi) is 5.34. The zero-order chi connectivity index (χ0) is 15.4. The van der Waals surface area contributed by atoms with Gasteiger partial charge in [-0.3, -0.25) is 0 Å². The van der Waals surface area contributed by atoms with Crippen LogP contribution in [-0.4, -0.2) is 34.7 Å². The van der Waals surface area contributed by atoms with Gasteiger partial charge in [0.15, 0.2) is 0 Å². The predicted octanol–water partition coefficient (Wildman–Crippen LogP) is 4.46. The van der Waals surface area contributed by atoms with Gasteiger partial charge >= 0.3 is 0 Å². The van der Waals surface area contributed by atoms with Gasteiger partial charge in [-0.2, -0.15) is 4.98 Å². The summed E-state index contributed by atoms with van der Waals surface area (Å²) in [6, 6.07) is 5.26. The van der Waals surface area contributed by atoms with Crippen LogP contribution >= 0.6 is 23.2 Å².